The molecule has 0 aromatic carbocycles. The Labute approximate surface area is 110 Å². The van der Waals surface area contributed by atoms with Gasteiger partial charge in [-0.1, -0.05) is 0 Å². The topological polar surface area (TPSA) is 92.4 Å². The average molecular weight is 268 g/mol. The molecule has 1 aromatic rings. The number of hydrogen-bond acceptors (Lipinski definition) is 5. The van der Waals surface area contributed by atoms with Crippen LogP contribution in [0, 0.1) is 0 Å². The summed E-state index contributed by atoms with van der Waals surface area (Å²) in [5.74, 6) is 0. The fraction of sp³-hybridized carbons (Fsp3) is 0.667. The monoisotopic (exact) mass is 268 g/mol. The molecule has 1 atom stereocenters. The third-order valence-electron chi connectivity index (χ3n) is 3.31. The number of aliphatic hydroxyl groups is 1. The Morgan fingerprint density at radius 1 is 1.47 bits per heavy atom. The van der Waals surface area contributed by atoms with Gasteiger partial charge in [0.25, 0.3) is 5.56 Å². The van der Waals surface area contributed by atoms with Crippen LogP contribution in [0.15, 0.2) is 15.8 Å². The highest BCUT2D eigenvalue weighted by atomic mass is 16.3. The average Bonchev–Trinajstić information content (AvgIpc) is 2.63. The van der Waals surface area contributed by atoms with Crippen molar-refractivity contribution < 1.29 is 5.11 Å². The molecule has 3 N–H and O–H groups in total. The first-order valence-electron chi connectivity index (χ1n) is 6.28. The maximum Gasteiger partial charge on any atom is 0.325 e. The van der Waals surface area contributed by atoms with Crippen molar-refractivity contribution in [3.8, 4) is 0 Å². The smallest absolute Gasteiger partial charge is 0.325 e. The molecule has 106 valence electrons. The Balaban J connectivity index is 2.02. The summed E-state index contributed by atoms with van der Waals surface area (Å²) in [5.41, 5.74) is -1.09. The minimum absolute atomic E-state index is 0.369. The molecule has 0 amide bonds. The van der Waals surface area contributed by atoms with E-state index in [1.54, 1.807) is 0 Å². The van der Waals surface area contributed by atoms with Gasteiger partial charge in [0, 0.05) is 37.9 Å². The maximum atomic E-state index is 11.6. The van der Waals surface area contributed by atoms with Crippen LogP contribution in [0.25, 0.3) is 0 Å². The van der Waals surface area contributed by atoms with Crippen LogP contribution in [0.4, 0.5) is 0 Å². The van der Waals surface area contributed by atoms with Crippen LogP contribution < -0.4 is 11.2 Å². The molecule has 0 aliphatic carbocycles. The number of likely N-dealkylation sites (N-methyl/N-ethyl adjacent to an activating group) is 1. The first kappa shape index (κ1) is 14.0. The highest BCUT2D eigenvalue weighted by Crippen LogP contribution is 2.22. The number of β-amino-alcohol motifs (C(OH)–C–C–N with tert-alkyl or cyclic N) is 1. The zero-order valence-electron chi connectivity index (χ0n) is 11.3. The van der Waals surface area contributed by atoms with Crippen LogP contribution in [0.1, 0.15) is 12.0 Å². The van der Waals surface area contributed by atoms with Crippen molar-refractivity contribution in [1.82, 2.24) is 19.8 Å². The lowest BCUT2D eigenvalue weighted by atomic mass is 10.0. The summed E-state index contributed by atoms with van der Waals surface area (Å²) in [5, 5.41) is 10.4. The molecule has 7 nitrogen and oxygen atoms in total. The quantitative estimate of drug-likeness (QED) is 0.622. The number of aromatic amines is 2. The standard InChI is InChI=1S/C12H20N4O3/c1-15(2)7-12(19)3-4-16(8-12)6-9-5-13-11(18)14-10(9)17/h5,19H,3-4,6-8H2,1-2H3,(H2,13,14,17,18)/t12-/m0/s1. The van der Waals surface area contributed by atoms with E-state index in [0.29, 0.717) is 31.6 Å². The Morgan fingerprint density at radius 2 is 2.21 bits per heavy atom. The summed E-state index contributed by atoms with van der Waals surface area (Å²) in [6, 6.07) is 0. The van der Waals surface area contributed by atoms with E-state index in [1.807, 2.05) is 23.9 Å². The number of nitrogens with zero attached hydrogens (tertiary/aromatic N) is 2. The first-order valence-corrected chi connectivity index (χ1v) is 6.28. The van der Waals surface area contributed by atoms with Gasteiger partial charge < -0.3 is 15.0 Å². The first-order chi connectivity index (χ1) is 8.88. The second kappa shape index (κ2) is 5.28. The van der Waals surface area contributed by atoms with E-state index in [9.17, 15) is 14.7 Å². The predicted octanol–water partition coefficient (Wildman–Crippen LogP) is -1.44. The van der Waals surface area contributed by atoms with Crippen LogP contribution in [0.5, 0.6) is 0 Å². The third-order valence-corrected chi connectivity index (χ3v) is 3.31. The van der Waals surface area contributed by atoms with Crippen molar-refractivity contribution in [1.29, 1.82) is 0 Å². The molecular formula is C12H20N4O3. The minimum Gasteiger partial charge on any atom is -0.387 e. The second-order valence-corrected chi connectivity index (χ2v) is 5.52. The molecule has 2 heterocycles. The molecule has 0 radical (unpaired) electrons. The van der Waals surface area contributed by atoms with Crippen molar-refractivity contribution in [2.45, 2.75) is 18.6 Å². The van der Waals surface area contributed by atoms with Crippen molar-refractivity contribution >= 4 is 0 Å². The lowest BCUT2D eigenvalue weighted by Gasteiger charge is -2.26. The van der Waals surface area contributed by atoms with Crippen molar-refractivity contribution in [3.63, 3.8) is 0 Å². The maximum absolute atomic E-state index is 11.6. The lowest BCUT2D eigenvalue weighted by Crippen LogP contribution is -2.42. The fourth-order valence-corrected chi connectivity index (χ4v) is 2.59. The predicted molar refractivity (Wildman–Crippen MR) is 71.1 cm³/mol. The molecule has 0 bridgehead atoms. The Morgan fingerprint density at radius 3 is 2.84 bits per heavy atom. The van der Waals surface area contributed by atoms with Gasteiger partial charge in [-0.3, -0.25) is 14.7 Å². The van der Waals surface area contributed by atoms with Gasteiger partial charge in [0.15, 0.2) is 0 Å². The highest BCUT2D eigenvalue weighted by Gasteiger charge is 2.36. The van der Waals surface area contributed by atoms with Crippen LogP contribution >= 0.6 is 0 Å². The second-order valence-electron chi connectivity index (χ2n) is 5.52. The summed E-state index contributed by atoms with van der Waals surface area (Å²) in [7, 11) is 3.85. The van der Waals surface area contributed by atoms with E-state index < -0.39 is 11.3 Å². The van der Waals surface area contributed by atoms with Gasteiger partial charge >= 0.3 is 5.69 Å². The normalized spacial score (nSPS) is 24.2. The van der Waals surface area contributed by atoms with Gasteiger partial charge in [0.05, 0.1) is 5.60 Å². The van der Waals surface area contributed by atoms with E-state index >= 15 is 0 Å². The molecular weight excluding hydrogens is 248 g/mol. The molecule has 2 rings (SSSR count). The largest absolute Gasteiger partial charge is 0.387 e. The summed E-state index contributed by atoms with van der Waals surface area (Å²) in [6.07, 6.45) is 2.12. The zero-order valence-corrected chi connectivity index (χ0v) is 11.3. The highest BCUT2D eigenvalue weighted by molar-refractivity contribution is 5.04. The van der Waals surface area contributed by atoms with Crippen molar-refractivity contribution in [2.75, 3.05) is 33.7 Å². The van der Waals surface area contributed by atoms with Crippen molar-refractivity contribution in [3.05, 3.63) is 32.6 Å². The van der Waals surface area contributed by atoms with E-state index in [1.165, 1.54) is 6.20 Å². The number of hydrogen-bond donors (Lipinski definition) is 3. The summed E-state index contributed by atoms with van der Waals surface area (Å²) >= 11 is 0. The zero-order chi connectivity index (χ0) is 14.0. The molecule has 1 aliphatic heterocycles. The van der Waals surface area contributed by atoms with Crippen LogP contribution in [-0.4, -0.2) is 64.2 Å². The summed E-state index contributed by atoms with van der Waals surface area (Å²) in [4.78, 5) is 31.2. The molecule has 1 aliphatic rings. The molecule has 0 spiro atoms. The Bertz CT molecular complexity index is 550. The summed E-state index contributed by atoms with van der Waals surface area (Å²) < 4.78 is 0. The van der Waals surface area contributed by atoms with Gasteiger partial charge in [-0.05, 0) is 20.5 Å². The minimum atomic E-state index is -0.724. The Hall–Kier alpha value is -1.44. The fourth-order valence-electron chi connectivity index (χ4n) is 2.59. The molecule has 1 saturated heterocycles. The SMILES string of the molecule is CN(C)C[C@@]1(O)CCN(Cc2c[nH]c(=O)[nH]c2=O)C1. The van der Waals surface area contributed by atoms with Gasteiger partial charge in [0.2, 0.25) is 0 Å². The summed E-state index contributed by atoms with van der Waals surface area (Å²) in [6.45, 7) is 2.31. The number of H-pyrrole nitrogens is 2. The van der Waals surface area contributed by atoms with Gasteiger partial charge in [-0.2, -0.15) is 0 Å². The number of likely N-dealkylation sites (tertiary alicyclic amines) is 1. The van der Waals surface area contributed by atoms with Gasteiger partial charge in [-0.15, -0.1) is 0 Å². The van der Waals surface area contributed by atoms with E-state index in [2.05, 4.69) is 9.97 Å². The van der Waals surface area contributed by atoms with Crippen LogP contribution in [0.2, 0.25) is 0 Å². The van der Waals surface area contributed by atoms with Gasteiger partial charge in [0.1, 0.15) is 0 Å². The van der Waals surface area contributed by atoms with E-state index in [-0.39, 0.29) is 5.56 Å². The number of aromatic nitrogens is 2. The molecule has 0 saturated carbocycles. The molecule has 19 heavy (non-hydrogen) atoms. The molecule has 1 aromatic heterocycles. The Kier molecular flexibility index (Phi) is 3.88. The van der Waals surface area contributed by atoms with Gasteiger partial charge in [-0.25, -0.2) is 4.79 Å². The van der Waals surface area contributed by atoms with Crippen LogP contribution in [-0.2, 0) is 6.54 Å². The molecule has 1 fully saturated rings. The molecule has 0 unspecified atom stereocenters. The lowest BCUT2D eigenvalue weighted by molar-refractivity contribution is 0.0240. The van der Waals surface area contributed by atoms with E-state index in [4.69, 9.17) is 0 Å². The van der Waals surface area contributed by atoms with E-state index in [0.717, 1.165) is 6.54 Å². The van der Waals surface area contributed by atoms with Crippen LogP contribution in [0.3, 0.4) is 0 Å². The number of nitrogens with one attached hydrogen (secondary N) is 2. The van der Waals surface area contributed by atoms with Crippen molar-refractivity contribution in [2.24, 2.45) is 0 Å². The third kappa shape index (κ3) is 3.52. The molecule has 7 heteroatoms. The number of rotatable bonds is 4.